The van der Waals surface area contributed by atoms with Crippen LogP contribution in [-0.2, 0) is 0 Å². The standard InChI is InChI=1S/C14H14BI/c1-11-7-3-5-9-13(11)15(16)14-10-6-4-8-12(14)2/h3-10H,1-2H3. The van der Waals surface area contributed by atoms with E-state index in [2.05, 4.69) is 84.8 Å². The third-order valence-electron chi connectivity index (χ3n) is 2.92. The quantitative estimate of drug-likeness (QED) is 0.590. The van der Waals surface area contributed by atoms with Gasteiger partial charge in [-0.2, -0.15) is 0 Å². The van der Waals surface area contributed by atoms with Crippen molar-refractivity contribution in [1.82, 2.24) is 0 Å². The number of hydrogen-bond donors (Lipinski definition) is 0. The van der Waals surface area contributed by atoms with Gasteiger partial charge in [0, 0.05) is 0 Å². The van der Waals surface area contributed by atoms with Gasteiger partial charge in [0.2, 0.25) is 0 Å². The summed E-state index contributed by atoms with van der Waals surface area (Å²) >= 11 is 2.52. The van der Waals surface area contributed by atoms with Crippen LogP contribution in [0.25, 0.3) is 0 Å². The second-order valence-electron chi connectivity index (χ2n) is 4.08. The molecule has 0 heterocycles. The molecular weight excluding hydrogens is 306 g/mol. The molecule has 0 aliphatic carbocycles. The third kappa shape index (κ3) is 2.32. The summed E-state index contributed by atoms with van der Waals surface area (Å²) in [6.45, 7) is 4.36. The maximum absolute atomic E-state index is 2.52. The van der Waals surface area contributed by atoms with Gasteiger partial charge in [-0.3, -0.25) is 0 Å². The van der Waals surface area contributed by atoms with E-state index in [0.717, 1.165) is 0 Å². The fraction of sp³-hybridized carbons (Fsp3) is 0.143. The summed E-state index contributed by atoms with van der Waals surface area (Å²) in [5, 5.41) is 0. The van der Waals surface area contributed by atoms with Crippen molar-refractivity contribution in [2.75, 3.05) is 0 Å². The van der Waals surface area contributed by atoms with Gasteiger partial charge in [-0.25, -0.2) is 0 Å². The minimum Gasteiger partial charge on any atom is -0.136 e. The maximum Gasteiger partial charge on any atom is 0.283 e. The molecule has 2 aromatic rings. The zero-order valence-electron chi connectivity index (χ0n) is 9.57. The Kier molecular flexibility index (Phi) is 3.69. The molecule has 0 radical (unpaired) electrons. The monoisotopic (exact) mass is 320 g/mol. The Morgan fingerprint density at radius 1 is 0.750 bits per heavy atom. The van der Waals surface area contributed by atoms with E-state index < -0.39 is 0 Å². The highest BCUT2D eigenvalue weighted by Gasteiger charge is 2.18. The van der Waals surface area contributed by atoms with Gasteiger partial charge in [-0.05, 0) is 13.8 Å². The molecule has 0 amide bonds. The smallest absolute Gasteiger partial charge is 0.136 e. The first-order valence-electron chi connectivity index (χ1n) is 5.45. The largest absolute Gasteiger partial charge is 0.283 e. The van der Waals surface area contributed by atoms with E-state index >= 15 is 0 Å². The van der Waals surface area contributed by atoms with E-state index in [1.54, 1.807) is 0 Å². The van der Waals surface area contributed by atoms with Crippen LogP contribution < -0.4 is 10.9 Å². The first-order valence-corrected chi connectivity index (χ1v) is 6.70. The normalized spacial score (nSPS) is 10.2. The van der Waals surface area contributed by atoms with Crippen LogP contribution in [-0.4, -0.2) is 4.57 Å². The van der Waals surface area contributed by atoms with Crippen LogP contribution >= 0.6 is 22.4 Å². The fourth-order valence-electron chi connectivity index (χ4n) is 1.91. The minimum atomic E-state index is 0.444. The van der Waals surface area contributed by atoms with Crippen molar-refractivity contribution < 1.29 is 0 Å². The van der Waals surface area contributed by atoms with Crippen LogP contribution in [0.1, 0.15) is 11.1 Å². The van der Waals surface area contributed by atoms with Gasteiger partial charge < -0.3 is 0 Å². The summed E-state index contributed by atoms with van der Waals surface area (Å²) in [5.74, 6) is 0. The van der Waals surface area contributed by atoms with Gasteiger partial charge >= 0.3 is 0 Å². The second-order valence-corrected chi connectivity index (χ2v) is 5.32. The molecule has 0 fully saturated rings. The SMILES string of the molecule is Cc1ccccc1B(I)c1ccccc1C. The minimum absolute atomic E-state index is 0.444. The van der Waals surface area contributed by atoms with Crippen LogP contribution in [0, 0.1) is 13.8 Å². The van der Waals surface area contributed by atoms with Gasteiger partial charge in [0.1, 0.15) is 0 Å². The van der Waals surface area contributed by atoms with Crippen molar-refractivity contribution in [1.29, 1.82) is 0 Å². The fourth-order valence-corrected chi connectivity index (χ4v) is 3.31. The molecule has 0 nitrogen and oxygen atoms in total. The number of benzene rings is 2. The molecule has 0 atom stereocenters. The Hall–Kier alpha value is -0.765. The van der Waals surface area contributed by atoms with Gasteiger partial charge in [-0.15, -0.1) is 22.4 Å². The maximum atomic E-state index is 2.52. The summed E-state index contributed by atoms with van der Waals surface area (Å²) in [7, 11) is 0. The molecule has 0 N–H and O–H groups in total. The Balaban J connectivity index is 2.44. The average Bonchev–Trinajstić information content (AvgIpc) is 2.29. The number of aryl methyl sites for hydroxylation is 2. The molecule has 0 aliphatic rings. The lowest BCUT2D eigenvalue weighted by Crippen LogP contribution is -2.39. The summed E-state index contributed by atoms with van der Waals surface area (Å²) < 4.78 is 0.444. The van der Waals surface area contributed by atoms with Crippen LogP contribution in [0.5, 0.6) is 0 Å². The van der Waals surface area contributed by atoms with E-state index in [1.165, 1.54) is 22.1 Å². The topological polar surface area (TPSA) is 0 Å². The van der Waals surface area contributed by atoms with Crippen molar-refractivity contribution in [3.8, 4) is 0 Å². The molecule has 0 saturated carbocycles. The summed E-state index contributed by atoms with van der Waals surface area (Å²) in [6.07, 6.45) is 0. The van der Waals surface area contributed by atoms with Crippen molar-refractivity contribution in [2.24, 2.45) is 0 Å². The number of hydrogen-bond acceptors (Lipinski definition) is 0. The Labute approximate surface area is 111 Å². The van der Waals surface area contributed by atoms with E-state index in [4.69, 9.17) is 0 Å². The molecule has 0 bridgehead atoms. The molecule has 16 heavy (non-hydrogen) atoms. The Morgan fingerprint density at radius 3 is 1.50 bits per heavy atom. The van der Waals surface area contributed by atoms with Gasteiger partial charge in [-0.1, -0.05) is 70.6 Å². The van der Waals surface area contributed by atoms with Crippen LogP contribution in [0.3, 0.4) is 0 Å². The van der Waals surface area contributed by atoms with Gasteiger partial charge in [0.05, 0.1) is 0 Å². The highest BCUT2D eigenvalue weighted by Crippen LogP contribution is 2.05. The highest BCUT2D eigenvalue weighted by molar-refractivity contribution is 14.1. The Morgan fingerprint density at radius 2 is 1.12 bits per heavy atom. The van der Waals surface area contributed by atoms with Crippen molar-refractivity contribution in [3.63, 3.8) is 0 Å². The van der Waals surface area contributed by atoms with Gasteiger partial charge in [0.15, 0.2) is 0 Å². The first-order chi connectivity index (χ1) is 7.70. The first kappa shape index (κ1) is 11.7. The molecule has 0 spiro atoms. The lowest BCUT2D eigenvalue weighted by atomic mass is 9.61. The van der Waals surface area contributed by atoms with Crippen LogP contribution in [0.4, 0.5) is 0 Å². The highest BCUT2D eigenvalue weighted by atomic mass is 127. The molecule has 0 saturated heterocycles. The van der Waals surface area contributed by atoms with Gasteiger partial charge in [0.25, 0.3) is 4.57 Å². The summed E-state index contributed by atoms with van der Waals surface area (Å²) in [6, 6.07) is 17.2. The molecule has 80 valence electrons. The molecule has 0 aliphatic heterocycles. The predicted molar refractivity (Wildman–Crippen MR) is 81.4 cm³/mol. The third-order valence-corrected chi connectivity index (χ3v) is 4.27. The van der Waals surface area contributed by atoms with E-state index in [9.17, 15) is 0 Å². The lowest BCUT2D eigenvalue weighted by Gasteiger charge is -2.12. The van der Waals surface area contributed by atoms with Crippen molar-refractivity contribution >= 4 is 37.9 Å². The molecule has 2 aromatic carbocycles. The van der Waals surface area contributed by atoms with E-state index in [0.29, 0.717) is 4.57 Å². The molecule has 2 rings (SSSR count). The molecule has 2 heteroatoms. The summed E-state index contributed by atoms with van der Waals surface area (Å²) in [4.78, 5) is 0. The zero-order chi connectivity index (χ0) is 11.5. The summed E-state index contributed by atoms with van der Waals surface area (Å²) in [5.41, 5.74) is 5.56. The number of halogens is 1. The number of rotatable bonds is 2. The molecule has 0 aromatic heterocycles. The predicted octanol–water partition coefficient (Wildman–Crippen LogP) is 2.84. The van der Waals surface area contributed by atoms with Crippen molar-refractivity contribution in [2.45, 2.75) is 13.8 Å². The lowest BCUT2D eigenvalue weighted by molar-refractivity contribution is 1.50. The molecular formula is C14H14BI. The van der Waals surface area contributed by atoms with Crippen LogP contribution in [0.2, 0.25) is 0 Å². The average molecular weight is 320 g/mol. The van der Waals surface area contributed by atoms with E-state index in [-0.39, 0.29) is 0 Å². The second kappa shape index (κ2) is 5.04. The zero-order valence-corrected chi connectivity index (χ0v) is 11.7. The van der Waals surface area contributed by atoms with Crippen LogP contribution in [0.15, 0.2) is 48.5 Å². The molecule has 0 unspecified atom stereocenters. The van der Waals surface area contributed by atoms with E-state index in [1.807, 2.05) is 0 Å². The van der Waals surface area contributed by atoms with Crippen molar-refractivity contribution in [3.05, 3.63) is 59.7 Å². The Bertz CT molecular complexity index is 448.